The first-order valence-electron chi connectivity index (χ1n) is 10.1. The second-order valence-electron chi connectivity index (χ2n) is 7.62. The molecule has 2 saturated heterocycles. The number of nitrogens with one attached hydrogen (secondary N) is 1. The van der Waals surface area contributed by atoms with Crippen LogP contribution in [0, 0.1) is 0 Å². The summed E-state index contributed by atoms with van der Waals surface area (Å²) in [4.78, 5) is 47.7. The van der Waals surface area contributed by atoms with Crippen molar-refractivity contribution in [1.29, 1.82) is 0 Å². The number of fused-ring (bicyclic) bond motifs is 1. The average molecular weight is 407 g/mol. The molecule has 2 fully saturated rings. The molecule has 0 aliphatic carbocycles. The van der Waals surface area contributed by atoms with E-state index in [-0.39, 0.29) is 30.9 Å². The quantitative estimate of drug-likeness (QED) is 0.814. The number of pyridine rings is 1. The van der Waals surface area contributed by atoms with Crippen molar-refractivity contribution in [3.63, 3.8) is 0 Å². The van der Waals surface area contributed by atoms with Gasteiger partial charge in [-0.25, -0.2) is 4.79 Å². The fourth-order valence-electron chi connectivity index (χ4n) is 4.07. The molecule has 8 heteroatoms. The van der Waals surface area contributed by atoms with E-state index in [1.165, 1.54) is 4.90 Å². The van der Waals surface area contributed by atoms with Crippen LogP contribution >= 0.6 is 0 Å². The Morgan fingerprint density at radius 1 is 1.17 bits per heavy atom. The summed E-state index contributed by atoms with van der Waals surface area (Å²) in [7, 11) is 1.70. The first-order valence-corrected chi connectivity index (χ1v) is 10.1. The molecule has 1 N–H and O–H groups in total. The second-order valence-corrected chi connectivity index (χ2v) is 7.62. The van der Waals surface area contributed by atoms with E-state index < -0.39 is 12.1 Å². The first-order chi connectivity index (χ1) is 14.6. The summed E-state index contributed by atoms with van der Waals surface area (Å²) in [6.07, 6.45) is 4.81. The minimum absolute atomic E-state index is 0.0762. The number of carbonyl (C=O) groups excluding carboxylic acids is 3. The van der Waals surface area contributed by atoms with Gasteiger partial charge >= 0.3 is 6.03 Å². The van der Waals surface area contributed by atoms with Crippen molar-refractivity contribution >= 4 is 23.5 Å². The summed E-state index contributed by atoms with van der Waals surface area (Å²) in [5.41, 5.74) is 1.57. The Morgan fingerprint density at radius 2 is 1.90 bits per heavy atom. The first kappa shape index (κ1) is 20.0. The van der Waals surface area contributed by atoms with Crippen LogP contribution in [0.4, 0.5) is 10.5 Å². The Hall–Kier alpha value is -3.26. The molecule has 2 atom stereocenters. The topological polar surface area (TPSA) is 85.9 Å². The molecule has 0 radical (unpaired) electrons. The highest BCUT2D eigenvalue weighted by Crippen LogP contribution is 2.26. The SMILES string of the molecule is CN(C(=O)CN1C(=O)N(Cc2ccncc2)C(=O)C2NCCCC21)c1ccccc1. The summed E-state index contributed by atoms with van der Waals surface area (Å²) in [5, 5.41) is 3.25. The van der Waals surface area contributed by atoms with Crippen molar-refractivity contribution < 1.29 is 14.4 Å². The number of hydrogen-bond acceptors (Lipinski definition) is 5. The van der Waals surface area contributed by atoms with Gasteiger partial charge in [0.15, 0.2) is 0 Å². The Kier molecular flexibility index (Phi) is 5.76. The van der Waals surface area contributed by atoms with Gasteiger partial charge in [0.1, 0.15) is 12.6 Å². The summed E-state index contributed by atoms with van der Waals surface area (Å²) >= 11 is 0. The van der Waals surface area contributed by atoms with Crippen LogP contribution in [0.3, 0.4) is 0 Å². The van der Waals surface area contributed by atoms with E-state index in [2.05, 4.69) is 10.3 Å². The van der Waals surface area contributed by atoms with E-state index in [0.717, 1.165) is 24.2 Å². The molecule has 4 rings (SSSR count). The predicted octanol–water partition coefficient (Wildman–Crippen LogP) is 1.63. The number of nitrogens with zero attached hydrogens (tertiary/aromatic N) is 4. The zero-order valence-electron chi connectivity index (χ0n) is 16.9. The molecular formula is C22H25N5O3. The molecule has 1 aromatic heterocycles. The van der Waals surface area contributed by atoms with Gasteiger partial charge in [-0.05, 0) is 49.2 Å². The molecule has 156 valence electrons. The van der Waals surface area contributed by atoms with Crippen molar-refractivity contribution in [2.24, 2.45) is 0 Å². The van der Waals surface area contributed by atoms with Gasteiger partial charge in [0.05, 0.1) is 12.6 Å². The van der Waals surface area contributed by atoms with Crippen LogP contribution in [0.25, 0.3) is 0 Å². The van der Waals surface area contributed by atoms with Gasteiger partial charge in [-0.2, -0.15) is 0 Å². The maximum Gasteiger partial charge on any atom is 0.327 e. The summed E-state index contributed by atoms with van der Waals surface area (Å²) in [6.45, 7) is 0.799. The van der Waals surface area contributed by atoms with E-state index in [9.17, 15) is 14.4 Å². The molecule has 30 heavy (non-hydrogen) atoms. The number of likely N-dealkylation sites (N-methyl/N-ethyl adjacent to an activating group) is 1. The minimum atomic E-state index is -0.492. The third kappa shape index (κ3) is 3.91. The second kappa shape index (κ2) is 8.62. The van der Waals surface area contributed by atoms with Gasteiger partial charge in [-0.3, -0.25) is 19.5 Å². The highest BCUT2D eigenvalue weighted by Gasteiger charge is 2.47. The van der Waals surface area contributed by atoms with E-state index in [4.69, 9.17) is 0 Å². The number of amides is 4. The van der Waals surface area contributed by atoms with E-state index in [1.807, 2.05) is 30.3 Å². The Balaban J connectivity index is 1.57. The molecular weight excluding hydrogens is 382 g/mol. The fourth-order valence-corrected chi connectivity index (χ4v) is 4.07. The molecule has 2 unspecified atom stereocenters. The molecule has 2 aliphatic heterocycles. The van der Waals surface area contributed by atoms with Crippen molar-refractivity contribution in [2.75, 3.05) is 25.0 Å². The standard InChI is InChI=1S/C22H25N5O3/c1-25(17-6-3-2-4-7-17)19(28)15-26-18-8-5-11-24-20(18)21(29)27(22(26)30)14-16-9-12-23-13-10-16/h2-4,6-7,9-10,12-13,18,20,24H,5,8,11,14-15H2,1H3. The van der Waals surface area contributed by atoms with E-state index in [0.29, 0.717) is 6.42 Å². The van der Waals surface area contributed by atoms with Crippen molar-refractivity contribution in [2.45, 2.75) is 31.5 Å². The van der Waals surface area contributed by atoms with E-state index in [1.54, 1.807) is 41.4 Å². The lowest BCUT2D eigenvalue weighted by atomic mass is 9.93. The molecule has 2 aliphatic rings. The average Bonchev–Trinajstić information content (AvgIpc) is 2.80. The van der Waals surface area contributed by atoms with Gasteiger partial charge in [-0.15, -0.1) is 0 Å². The van der Waals surface area contributed by atoms with E-state index >= 15 is 0 Å². The largest absolute Gasteiger partial charge is 0.327 e. The lowest BCUT2D eigenvalue weighted by Gasteiger charge is -2.47. The number of carbonyl (C=O) groups is 3. The zero-order valence-corrected chi connectivity index (χ0v) is 16.9. The van der Waals surface area contributed by atoms with Gasteiger partial charge in [0.2, 0.25) is 11.8 Å². The number of piperidine rings is 1. The lowest BCUT2D eigenvalue weighted by molar-refractivity contribution is -0.138. The Bertz CT molecular complexity index is 921. The number of aromatic nitrogens is 1. The van der Waals surface area contributed by atoms with Gasteiger partial charge in [0.25, 0.3) is 0 Å². The predicted molar refractivity (Wildman–Crippen MR) is 112 cm³/mol. The summed E-state index contributed by atoms with van der Waals surface area (Å²) in [5.74, 6) is -0.432. The fraction of sp³-hybridized carbons (Fsp3) is 0.364. The molecule has 0 spiro atoms. The molecule has 3 heterocycles. The van der Waals surface area contributed by atoms with Crippen LogP contribution in [-0.2, 0) is 16.1 Å². The zero-order chi connectivity index (χ0) is 21.1. The smallest absolute Gasteiger partial charge is 0.314 e. The number of anilines is 1. The number of imide groups is 1. The maximum absolute atomic E-state index is 13.3. The number of hydrogen-bond donors (Lipinski definition) is 1. The summed E-state index contributed by atoms with van der Waals surface area (Å²) in [6, 6.07) is 11.6. The third-order valence-electron chi connectivity index (χ3n) is 5.75. The lowest BCUT2D eigenvalue weighted by Crippen LogP contribution is -2.70. The van der Waals surface area contributed by atoms with Gasteiger partial charge in [-0.1, -0.05) is 18.2 Å². The number of para-hydroxylation sites is 1. The van der Waals surface area contributed by atoms with Crippen LogP contribution in [0.1, 0.15) is 18.4 Å². The highest BCUT2D eigenvalue weighted by molar-refractivity contribution is 6.03. The van der Waals surface area contributed by atoms with Crippen molar-refractivity contribution in [3.8, 4) is 0 Å². The molecule has 2 aromatic rings. The van der Waals surface area contributed by atoms with Crippen LogP contribution in [0.5, 0.6) is 0 Å². The van der Waals surface area contributed by atoms with Crippen LogP contribution in [0.15, 0.2) is 54.9 Å². The van der Waals surface area contributed by atoms with Gasteiger partial charge in [0, 0.05) is 25.1 Å². The maximum atomic E-state index is 13.3. The molecule has 8 nitrogen and oxygen atoms in total. The highest BCUT2D eigenvalue weighted by atomic mass is 16.2. The van der Waals surface area contributed by atoms with Crippen LogP contribution < -0.4 is 10.2 Å². The van der Waals surface area contributed by atoms with Gasteiger partial charge < -0.3 is 15.1 Å². The number of rotatable bonds is 5. The monoisotopic (exact) mass is 407 g/mol. The molecule has 0 saturated carbocycles. The number of benzene rings is 1. The molecule has 1 aromatic carbocycles. The van der Waals surface area contributed by atoms with Crippen molar-refractivity contribution in [1.82, 2.24) is 20.1 Å². The Morgan fingerprint density at radius 3 is 2.63 bits per heavy atom. The molecule has 4 amide bonds. The minimum Gasteiger partial charge on any atom is -0.314 e. The molecule has 0 bridgehead atoms. The normalized spacial score (nSPS) is 21.4. The summed E-state index contributed by atoms with van der Waals surface area (Å²) < 4.78 is 0. The van der Waals surface area contributed by atoms with Crippen LogP contribution in [0.2, 0.25) is 0 Å². The van der Waals surface area contributed by atoms with Crippen molar-refractivity contribution in [3.05, 3.63) is 60.4 Å². The Labute approximate surface area is 175 Å². The van der Waals surface area contributed by atoms with Crippen LogP contribution in [-0.4, -0.2) is 64.9 Å². The third-order valence-corrected chi connectivity index (χ3v) is 5.75. The number of urea groups is 1.